The van der Waals surface area contributed by atoms with Crippen molar-refractivity contribution in [3.8, 4) is 0 Å². The quantitative estimate of drug-likeness (QED) is 0.690. The highest BCUT2D eigenvalue weighted by atomic mass is 16.5. The molecule has 1 atom stereocenters. The fraction of sp³-hybridized carbons (Fsp3) is 0.357. The summed E-state index contributed by atoms with van der Waals surface area (Å²) in [6.07, 6.45) is 6.09. The third kappa shape index (κ3) is 1.12. The van der Waals surface area contributed by atoms with Gasteiger partial charge in [0.2, 0.25) is 0 Å². The van der Waals surface area contributed by atoms with Crippen LogP contribution >= 0.6 is 0 Å². The maximum atomic E-state index is 6.18. The number of aryl methyl sites for hydroxylation is 1. The molecule has 0 saturated carbocycles. The van der Waals surface area contributed by atoms with E-state index in [1.807, 2.05) is 12.5 Å². The summed E-state index contributed by atoms with van der Waals surface area (Å²) >= 11 is 0. The summed E-state index contributed by atoms with van der Waals surface area (Å²) in [5, 5.41) is 0. The minimum absolute atomic E-state index is 0.231. The van der Waals surface area contributed by atoms with E-state index in [1.165, 1.54) is 16.8 Å². The van der Waals surface area contributed by atoms with E-state index in [4.69, 9.17) is 4.74 Å². The summed E-state index contributed by atoms with van der Waals surface area (Å²) in [5.74, 6) is 0. The van der Waals surface area contributed by atoms with Crippen LogP contribution in [0, 0.1) is 0 Å². The Kier molecular flexibility index (Phi) is 1.77. The molecule has 0 N–H and O–H groups in total. The van der Waals surface area contributed by atoms with Crippen LogP contribution < -0.4 is 0 Å². The van der Waals surface area contributed by atoms with Crippen molar-refractivity contribution in [1.29, 1.82) is 0 Å². The third-order valence-corrected chi connectivity index (χ3v) is 3.98. The van der Waals surface area contributed by atoms with Gasteiger partial charge >= 0.3 is 0 Å². The number of hydrogen-bond acceptors (Lipinski definition) is 2. The van der Waals surface area contributed by atoms with Gasteiger partial charge in [0.25, 0.3) is 0 Å². The molecule has 1 aromatic carbocycles. The number of fused-ring (bicyclic) bond motifs is 4. The van der Waals surface area contributed by atoms with Gasteiger partial charge in [-0.1, -0.05) is 24.3 Å². The molecule has 1 unspecified atom stereocenters. The van der Waals surface area contributed by atoms with Crippen LogP contribution in [0.1, 0.15) is 29.7 Å². The molecule has 0 radical (unpaired) electrons. The Hall–Kier alpha value is -1.61. The molecule has 0 aliphatic carbocycles. The Morgan fingerprint density at radius 2 is 2.24 bits per heavy atom. The summed E-state index contributed by atoms with van der Waals surface area (Å²) < 4.78 is 8.40. The van der Waals surface area contributed by atoms with E-state index in [0.717, 1.165) is 26.0 Å². The van der Waals surface area contributed by atoms with Crippen LogP contribution in [0.4, 0.5) is 0 Å². The van der Waals surface area contributed by atoms with Gasteiger partial charge in [0.1, 0.15) is 5.60 Å². The molecule has 2 aliphatic rings. The predicted molar refractivity (Wildman–Crippen MR) is 63.5 cm³/mol. The molecule has 0 amide bonds. The van der Waals surface area contributed by atoms with E-state index in [0.29, 0.717) is 0 Å². The summed E-state index contributed by atoms with van der Waals surface area (Å²) in [5.41, 5.74) is 3.64. The van der Waals surface area contributed by atoms with Gasteiger partial charge < -0.3 is 9.30 Å². The lowest BCUT2D eigenvalue weighted by atomic mass is 9.83. The number of ether oxygens (including phenoxy) is 1. The molecule has 0 saturated heterocycles. The monoisotopic (exact) mass is 226 g/mol. The first-order valence-electron chi connectivity index (χ1n) is 6.13. The summed E-state index contributed by atoms with van der Waals surface area (Å²) in [7, 11) is 0. The van der Waals surface area contributed by atoms with Crippen molar-refractivity contribution in [1.82, 2.24) is 9.55 Å². The molecule has 86 valence electrons. The van der Waals surface area contributed by atoms with Crippen molar-refractivity contribution < 1.29 is 4.74 Å². The number of hydrogen-bond donors (Lipinski definition) is 0. The standard InChI is InChI=1S/C14H14N2O/c1-2-5-12-11(4-1)9-17-14(12)6-3-7-16-10-15-8-13(14)16/h1-2,4-5,8,10H,3,6-7,9H2. The van der Waals surface area contributed by atoms with E-state index in [9.17, 15) is 0 Å². The van der Waals surface area contributed by atoms with Crippen molar-refractivity contribution in [3.63, 3.8) is 0 Å². The number of aromatic nitrogens is 2. The normalized spacial score (nSPS) is 25.9. The fourth-order valence-electron chi connectivity index (χ4n) is 3.20. The first-order chi connectivity index (χ1) is 8.40. The molecule has 3 nitrogen and oxygen atoms in total. The van der Waals surface area contributed by atoms with Gasteiger partial charge in [0.05, 0.1) is 24.8 Å². The molecule has 17 heavy (non-hydrogen) atoms. The smallest absolute Gasteiger partial charge is 0.135 e. The van der Waals surface area contributed by atoms with Crippen molar-refractivity contribution in [2.75, 3.05) is 0 Å². The molecule has 2 aliphatic heterocycles. The summed E-state index contributed by atoms with van der Waals surface area (Å²) in [6, 6.07) is 8.55. The largest absolute Gasteiger partial charge is 0.359 e. The van der Waals surface area contributed by atoms with Crippen LogP contribution in [0.3, 0.4) is 0 Å². The van der Waals surface area contributed by atoms with Gasteiger partial charge in [0, 0.05) is 6.54 Å². The fourth-order valence-corrected chi connectivity index (χ4v) is 3.20. The lowest BCUT2D eigenvalue weighted by Crippen LogP contribution is -2.33. The molecule has 3 heterocycles. The average Bonchev–Trinajstić information content (AvgIpc) is 2.97. The molecule has 0 bridgehead atoms. The van der Waals surface area contributed by atoms with Gasteiger partial charge in [-0.3, -0.25) is 0 Å². The Morgan fingerprint density at radius 1 is 1.29 bits per heavy atom. The molecular formula is C14H14N2O. The molecule has 1 aromatic heterocycles. The van der Waals surface area contributed by atoms with E-state index in [1.54, 1.807) is 0 Å². The number of benzene rings is 1. The van der Waals surface area contributed by atoms with E-state index in [2.05, 4.69) is 33.8 Å². The Balaban J connectivity index is 1.97. The van der Waals surface area contributed by atoms with Crippen LogP contribution in [0.25, 0.3) is 0 Å². The highest BCUT2D eigenvalue weighted by Crippen LogP contribution is 2.46. The molecule has 1 spiro atoms. The van der Waals surface area contributed by atoms with Gasteiger partial charge in [-0.15, -0.1) is 0 Å². The van der Waals surface area contributed by atoms with Crippen LogP contribution in [-0.4, -0.2) is 9.55 Å². The van der Waals surface area contributed by atoms with Crippen molar-refractivity contribution in [2.45, 2.75) is 31.6 Å². The van der Waals surface area contributed by atoms with Crippen molar-refractivity contribution in [2.24, 2.45) is 0 Å². The van der Waals surface area contributed by atoms with Crippen LogP contribution in [-0.2, 0) is 23.5 Å². The van der Waals surface area contributed by atoms with E-state index in [-0.39, 0.29) is 5.60 Å². The van der Waals surface area contributed by atoms with Gasteiger partial charge in [0.15, 0.2) is 0 Å². The van der Waals surface area contributed by atoms with E-state index >= 15 is 0 Å². The number of imidazole rings is 1. The lowest BCUT2D eigenvalue weighted by Gasteiger charge is -2.34. The lowest BCUT2D eigenvalue weighted by molar-refractivity contribution is -0.0271. The van der Waals surface area contributed by atoms with Gasteiger partial charge in [-0.05, 0) is 24.0 Å². The topological polar surface area (TPSA) is 27.1 Å². The maximum Gasteiger partial charge on any atom is 0.135 e. The average molecular weight is 226 g/mol. The zero-order chi connectivity index (χ0) is 11.3. The van der Waals surface area contributed by atoms with Crippen LogP contribution in [0.2, 0.25) is 0 Å². The van der Waals surface area contributed by atoms with Crippen molar-refractivity contribution in [3.05, 3.63) is 53.6 Å². The first-order valence-corrected chi connectivity index (χ1v) is 6.13. The summed E-state index contributed by atoms with van der Waals surface area (Å²) in [4.78, 5) is 4.28. The molecule has 3 heteroatoms. The van der Waals surface area contributed by atoms with E-state index < -0.39 is 0 Å². The minimum Gasteiger partial charge on any atom is -0.359 e. The molecule has 0 fully saturated rings. The molecule has 4 rings (SSSR count). The number of nitrogens with zero attached hydrogens (tertiary/aromatic N) is 2. The zero-order valence-corrected chi connectivity index (χ0v) is 9.60. The Labute approximate surface area is 100 Å². The Morgan fingerprint density at radius 3 is 3.24 bits per heavy atom. The maximum absolute atomic E-state index is 6.18. The second-order valence-corrected chi connectivity index (χ2v) is 4.85. The van der Waals surface area contributed by atoms with Crippen molar-refractivity contribution >= 4 is 0 Å². The minimum atomic E-state index is -0.231. The van der Waals surface area contributed by atoms with Crippen LogP contribution in [0.15, 0.2) is 36.8 Å². The SMILES string of the molecule is c1ccc2c(c1)COC21CCCn2cncc21. The van der Waals surface area contributed by atoms with Crippen LogP contribution in [0.5, 0.6) is 0 Å². The van der Waals surface area contributed by atoms with Gasteiger partial charge in [-0.25, -0.2) is 4.98 Å². The Bertz CT molecular complexity index is 575. The third-order valence-electron chi connectivity index (χ3n) is 3.98. The second-order valence-electron chi connectivity index (χ2n) is 4.85. The molecule has 2 aromatic rings. The molecular weight excluding hydrogens is 212 g/mol. The van der Waals surface area contributed by atoms with Gasteiger partial charge in [-0.2, -0.15) is 0 Å². The summed E-state index contributed by atoms with van der Waals surface area (Å²) in [6.45, 7) is 1.78. The highest BCUT2D eigenvalue weighted by Gasteiger charge is 2.45. The predicted octanol–water partition coefficient (Wildman–Crippen LogP) is 2.45. The second kappa shape index (κ2) is 3.20. The first kappa shape index (κ1) is 9.42. The zero-order valence-electron chi connectivity index (χ0n) is 9.60. The highest BCUT2D eigenvalue weighted by molar-refractivity contribution is 5.42. The number of rotatable bonds is 0.